The minimum Gasteiger partial charge on any atom is -0.444 e. The highest BCUT2D eigenvalue weighted by Gasteiger charge is 2.28. The maximum atomic E-state index is 11.9. The van der Waals surface area contributed by atoms with E-state index in [0.29, 0.717) is 5.56 Å². The Balaban J connectivity index is 2.04. The van der Waals surface area contributed by atoms with E-state index in [0.717, 1.165) is 31.2 Å². The summed E-state index contributed by atoms with van der Waals surface area (Å²) in [4.78, 5) is 11.9. The number of carbonyl (C=O) groups is 1. The first-order valence-corrected chi connectivity index (χ1v) is 9.97. The fourth-order valence-electron chi connectivity index (χ4n) is 3.24. The molecule has 25 heavy (non-hydrogen) atoms. The molecule has 6 nitrogen and oxygen atoms in total. The Morgan fingerprint density at radius 1 is 1.20 bits per heavy atom. The minimum absolute atomic E-state index is 0.0124. The fraction of sp³-hybridized carbons (Fsp3) is 0.611. The maximum absolute atomic E-state index is 11.9. The van der Waals surface area contributed by atoms with Gasteiger partial charge in [-0.3, -0.25) is 4.55 Å². The molecule has 0 bridgehead atoms. The second-order valence-electron chi connectivity index (χ2n) is 7.71. The average molecular weight is 369 g/mol. The van der Waals surface area contributed by atoms with Crippen molar-refractivity contribution in [2.75, 3.05) is 0 Å². The first kappa shape index (κ1) is 19.7. The molecule has 0 radical (unpaired) electrons. The van der Waals surface area contributed by atoms with E-state index < -0.39 is 21.8 Å². The lowest BCUT2D eigenvalue weighted by atomic mass is 9.81. The van der Waals surface area contributed by atoms with E-state index in [9.17, 15) is 17.8 Å². The summed E-state index contributed by atoms with van der Waals surface area (Å²) in [6, 6.07) is 4.99. The third-order valence-corrected chi connectivity index (χ3v) is 5.26. The number of hydrogen-bond acceptors (Lipinski definition) is 4. The van der Waals surface area contributed by atoms with Gasteiger partial charge in [0, 0.05) is 6.04 Å². The molecule has 0 spiro atoms. The van der Waals surface area contributed by atoms with Crippen LogP contribution in [0, 0.1) is 6.92 Å². The van der Waals surface area contributed by atoms with Crippen molar-refractivity contribution in [1.29, 1.82) is 0 Å². The lowest BCUT2D eigenvalue weighted by Gasteiger charge is -2.31. The van der Waals surface area contributed by atoms with Crippen LogP contribution in [0.25, 0.3) is 0 Å². The van der Waals surface area contributed by atoms with Crippen LogP contribution in [0.2, 0.25) is 0 Å². The third kappa shape index (κ3) is 5.71. The molecule has 1 fully saturated rings. The van der Waals surface area contributed by atoms with E-state index >= 15 is 0 Å². The predicted molar refractivity (Wildman–Crippen MR) is 95.4 cm³/mol. The maximum Gasteiger partial charge on any atom is 0.407 e. The largest absolute Gasteiger partial charge is 0.444 e. The van der Waals surface area contributed by atoms with Gasteiger partial charge in [-0.05, 0) is 70.9 Å². The molecule has 2 rings (SSSR count). The Kier molecular flexibility index (Phi) is 5.79. The summed E-state index contributed by atoms with van der Waals surface area (Å²) in [7, 11) is -4.24. The molecule has 140 valence electrons. The van der Waals surface area contributed by atoms with Crippen molar-refractivity contribution in [2.24, 2.45) is 0 Å². The Morgan fingerprint density at radius 3 is 2.32 bits per heavy atom. The first-order chi connectivity index (χ1) is 11.5. The fourth-order valence-corrected chi connectivity index (χ4v) is 4.01. The van der Waals surface area contributed by atoms with Gasteiger partial charge in [0.25, 0.3) is 10.1 Å². The van der Waals surface area contributed by atoms with E-state index in [1.54, 1.807) is 6.07 Å². The molecule has 2 N–H and O–H groups in total. The highest BCUT2D eigenvalue weighted by molar-refractivity contribution is 7.85. The summed E-state index contributed by atoms with van der Waals surface area (Å²) in [6.45, 7) is 7.35. The molecule has 0 saturated heterocycles. The predicted octanol–water partition coefficient (Wildman–Crippen LogP) is 3.79. The SMILES string of the molecule is Cc1ccc(S(=O)(=O)O)c([C@H]2CC[C@@H](NC(=O)OC(C)(C)C)CC2)c1. The van der Waals surface area contributed by atoms with Crippen LogP contribution in [0.5, 0.6) is 0 Å². The molecule has 1 saturated carbocycles. The number of ether oxygens (including phenoxy) is 1. The van der Waals surface area contributed by atoms with Crippen molar-refractivity contribution in [2.45, 2.75) is 75.8 Å². The van der Waals surface area contributed by atoms with Crippen LogP contribution in [0.3, 0.4) is 0 Å². The summed E-state index contributed by atoms with van der Waals surface area (Å²) in [5.74, 6) is 0.0495. The molecule has 1 aromatic carbocycles. The first-order valence-electron chi connectivity index (χ1n) is 8.53. The van der Waals surface area contributed by atoms with Crippen LogP contribution >= 0.6 is 0 Å². The number of rotatable bonds is 3. The van der Waals surface area contributed by atoms with Gasteiger partial charge in [0.1, 0.15) is 5.60 Å². The van der Waals surface area contributed by atoms with E-state index in [1.165, 1.54) is 6.07 Å². The molecule has 0 aliphatic heterocycles. The summed E-state index contributed by atoms with van der Waals surface area (Å²) in [5, 5.41) is 2.87. The quantitative estimate of drug-likeness (QED) is 0.791. The zero-order chi connectivity index (χ0) is 18.8. The molecule has 0 heterocycles. The zero-order valence-corrected chi connectivity index (χ0v) is 16.0. The molecule has 1 aliphatic carbocycles. The van der Waals surface area contributed by atoms with Gasteiger partial charge in [-0.25, -0.2) is 4.79 Å². The molecular weight excluding hydrogens is 342 g/mol. The van der Waals surface area contributed by atoms with Gasteiger partial charge in [-0.1, -0.05) is 17.7 Å². The standard InChI is InChI=1S/C18H27NO5S/c1-12-5-10-16(25(21,22)23)15(11-12)13-6-8-14(9-7-13)19-17(20)24-18(2,3)4/h5,10-11,13-14H,6-9H2,1-4H3,(H,19,20)(H,21,22,23)/t13-,14+. The Labute approximate surface area is 149 Å². The normalized spacial score (nSPS) is 21.6. The summed E-state index contributed by atoms with van der Waals surface area (Å²) in [6.07, 6.45) is 2.54. The van der Waals surface area contributed by atoms with Crippen molar-refractivity contribution in [3.05, 3.63) is 29.3 Å². The lowest BCUT2D eigenvalue weighted by molar-refractivity contribution is 0.0491. The van der Waals surface area contributed by atoms with Crippen LogP contribution in [-0.2, 0) is 14.9 Å². The smallest absolute Gasteiger partial charge is 0.407 e. The second-order valence-corrected chi connectivity index (χ2v) is 9.10. The van der Waals surface area contributed by atoms with Gasteiger partial charge in [0.15, 0.2) is 0 Å². The molecule has 1 amide bonds. The van der Waals surface area contributed by atoms with Gasteiger partial charge in [-0.2, -0.15) is 8.42 Å². The summed E-state index contributed by atoms with van der Waals surface area (Å²) in [5.41, 5.74) is 1.09. The molecule has 0 atom stereocenters. The van der Waals surface area contributed by atoms with Crippen molar-refractivity contribution in [3.63, 3.8) is 0 Å². The van der Waals surface area contributed by atoms with Gasteiger partial charge < -0.3 is 10.1 Å². The third-order valence-electron chi connectivity index (χ3n) is 4.33. The molecule has 7 heteroatoms. The number of benzene rings is 1. The number of carbonyl (C=O) groups excluding carboxylic acids is 1. The Morgan fingerprint density at radius 2 is 1.80 bits per heavy atom. The van der Waals surface area contributed by atoms with Crippen molar-refractivity contribution >= 4 is 16.2 Å². The number of aryl methyl sites for hydroxylation is 1. The highest BCUT2D eigenvalue weighted by Crippen LogP contribution is 2.36. The number of alkyl carbamates (subject to hydrolysis) is 1. The van der Waals surface area contributed by atoms with Crippen LogP contribution in [0.4, 0.5) is 4.79 Å². The summed E-state index contributed by atoms with van der Waals surface area (Å²) < 4.78 is 38.0. The van der Waals surface area contributed by atoms with Gasteiger partial charge in [0.05, 0.1) is 4.90 Å². The molecule has 1 aromatic rings. The second kappa shape index (κ2) is 7.33. The average Bonchev–Trinajstić information content (AvgIpc) is 2.44. The number of amides is 1. The van der Waals surface area contributed by atoms with Gasteiger partial charge in [0.2, 0.25) is 0 Å². The summed E-state index contributed by atoms with van der Waals surface area (Å²) >= 11 is 0. The van der Waals surface area contributed by atoms with Crippen molar-refractivity contribution < 1.29 is 22.5 Å². The minimum atomic E-state index is -4.24. The lowest BCUT2D eigenvalue weighted by Crippen LogP contribution is -2.40. The number of hydrogen-bond donors (Lipinski definition) is 2. The highest BCUT2D eigenvalue weighted by atomic mass is 32.2. The van der Waals surface area contributed by atoms with Gasteiger partial charge >= 0.3 is 6.09 Å². The van der Waals surface area contributed by atoms with E-state index in [-0.39, 0.29) is 16.9 Å². The Bertz CT molecular complexity index is 728. The van der Waals surface area contributed by atoms with Crippen molar-refractivity contribution in [1.82, 2.24) is 5.32 Å². The molecule has 0 unspecified atom stereocenters. The van der Waals surface area contributed by atoms with Crippen molar-refractivity contribution in [3.8, 4) is 0 Å². The van der Waals surface area contributed by atoms with E-state index in [2.05, 4.69) is 5.32 Å². The van der Waals surface area contributed by atoms with Crippen LogP contribution in [0.1, 0.15) is 63.5 Å². The van der Waals surface area contributed by atoms with E-state index in [4.69, 9.17) is 4.74 Å². The molecular formula is C18H27NO5S. The van der Waals surface area contributed by atoms with Crippen LogP contribution in [-0.4, -0.2) is 30.7 Å². The molecule has 0 aromatic heterocycles. The topological polar surface area (TPSA) is 92.7 Å². The van der Waals surface area contributed by atoms with E-state index in [1.807, 2.05) is 33.8 Å². The molecule has 1 aliphatic rings. The van der Waals surface area contributed by atoms with Crippen LogP contribution in [0.15, 0.2) is 23.1 Å². The number of nitrogens with one attached hydrogen (secondary N) is 1. The zero-order valence-electron chi connectivity index (χ0n) is 15.2. The van der Waals surface area contributed by atoms with Crippen LogP contribution < -0.4 is 5.32 Å². The monoisotopic (exact) mass is 369 g/mol. The Hall–Kier alpha value is -1.60. The van der Waals surface area contributed by atoms with Gasteiger partial charge in [-0.15, -0.1) is 0 Å².